The first kappa shape index (κ1) is 20.8. The molecule has 3 aromatic rings. The van der Waals surface area contributed by atoms with Gasteiger partial charge in [0.05, 0.1) is 0 Å². The van der Waals surface area contributed by atoms with Crippen LogP contribution in [-0.4, -0.2) is 36.6 Å². The number of hydrogen-bond donors (Lipinski definition) is 4. The molecule has 2 aromatic carbocycles. The van der Waals surface area contributed by atoms with Crippen molar-refractivity contribution in [1.82, 2.24) is 10.6 Å². The maximum absolute atomic E-state index is 12.9. The average molecular weight is 415 g/mol. The van der Waals surface area contributed by atoms with Gasteiger partial charge < -0.3 is 21.1 Å². The maximum Gasteiger partial charge on any atom is 0.246 e. The Labute approximate surface area is 172 Å². The van der Waals surface area contributed by atoms with Gasteiger partial charge in [0, 0.05) is 28.4 Å². The van der Waals surface area contributed by atoms with E-state index in [1.165, 1.54) is 24.3 Å². The number of nitrogens with zero attached hydrogens (tertiary/aromatic N) is 1. The third-order valence-electron chi connectivity index (χ3n) is 4.09. The highest BCUT2D eigenvalue weighted by Gasteiger charge is 2.12. The van der Waals surface area contributed by atoms with Crippen molar-refractivity contribution in [2.45, 2.75) is 13.0 Å². The van der Waals surface area contributed by atoms with E-state index in [1.54, 1.807) is 11.3 Å². The predicted molar refractivity (Wildman–Crippen MR) is 116 cm³/mol. The van der Waals surface area contributed by atoms with Crippen molar-refractivity contribution in [2.24, 2.45) is 4.99 Å². The molecule has 0 aliphatic rings. The van der Waals surface area contributed by atoms with Gasteiger partial charge in [-0.3, -0.25) is 4.79 Å². The smallest absolute Gasteiger partial charge is 0.246 e. The summed E-state index contributed by atoms with van der Waals surface area (Å²) in [6, 6.07) is 15.5. The Morgan fingerprint density at radius 3 is 2.66 bits per heavy atom. The van der Waals surface area contributed by atoms with E-state index in [-0.39, 0.29) is 24.8 Å². The molecule has 0 aliphatic heterocycles. The molecule has 1 atom stereocenters. The molecule has 0 aliphatic carbocycles. The van der Waals surface area contributed by atoms with Crippen molar-refractivity contribution >= 4 is 39.0 Å². The topological polar surface area (TPSA) is 85.8 Å². The second-order valence-corrected chi connectivity index (χ2v) is 7.45. The summed E-state index contributed by atoms with van der Waals surface area (Å²) in [5.41, 5.74) is 0.504. The summed E-state index contributed by atoms with van der Waals surface area (Å²) in [5, 5.41) is 20.3. The fourth-order valence-corrected chi connectivity index (χ4v) is 3.74. The van der Waals surface area contributed by atoms with Crippen LogP contribution in [0.25, 0.3) is 10.1 Å². The summed E-state index contributed by atoms with van der Waals surface area (Å²) in [4.78, 5) is 17.2. The summed E-state index contributed by atoms with van der Waals surface area (Å²) < 4.78 is 14.0. The zero-order valence-electron chi connectivity index (χ0n) is 16.0. The minimum absolute atomic E-state index is 0.105. The Hall–Kier alpha value is -2.97. The molecule has 152 valence electrons. The molecule has 1 heterocycles. The molecule has 0 spiro atoms. The first-order chi connectivity index (χ1) is 14.0. The molecule has 0 saturated heterocycles. The average Bonchev–Trinajstić information content (AvgIpc) is 3.16. The Bertz CT molecular complexity index is 955. The lowest BCUT2D eigenvalue weighted by Gasteiger charge is -2.14. The number of amides is 1. The maximum atomic E-state index is 12.9. The van der Waals surface area contributed by atoms with Crippen molar-refractivity contribution < 1.29 is 14.3 Å². The van der Waals surface area contributed by atoms with Crippen molar-refractivity contribution in [3.05, 3.63) is 65.3 Å². The predicted octanol–water partition coefficient (Wildman–Crippen LogP) is 3.27. The van der Waals surface area contributed by atoms with Gasteiger partial charge in [-0.15, -0.1) is 11.3 Å². The van der Waals surface area contributed by atoms with E-state index in [9.17, 15) is 14.3 Å². The van der Waals surface area contributed by atoms with E-state index in [0.29, 0.717) is 18.2 Å². The fourth-order valence-electron chi connectivity index (χ4n) is 2.69. The number of carbonyl (C=O) groups excluding carboxylic acids is 1. The van der Waals surface area contributed by atoms with E-state index < -0.39 is 6.10 Å². The minimum atomic E-state index is -0.690. The van der Waals surface area contributed by atoms with Gasteiger partial charge in [0.15, 0.2) is 5.96 Å². The van der Waals surface area contributed by atoms with E-state index in [4.69, 9.17) is 0 Å². The van der Waals surface area contributed by atoms with Gasteiger partial charge in [-0.25, -0.2) is 9.38 Å². The van der Waals surface area contributed by atoms with Gasteiger partial charge in [0.25, 0.3) is 0 Å². The van der Waals surface area contributed by atoms with Crippen molar-refractivity contribution in [3.63, 3.8) is 0 Å². The summed E-state index contributed by atoms with van der Waals surface area (Å²) in [6.07, 6.45) is -0.690. The molecule has 1 unspecified atom stereocenters. The number of aliphatic hydroxyl groups excluding tert-OH is 1. The van der Waals surface area contributed by atoms with E-state index in [0.717, 1.165) is 15.0 Å². The van der Waals surface area contributed by atoms with Crippen molar-refractivity contribution in [1.29, 1.82) is 0 Å². The number of thiophene rings is 1. The number of aliphatic hydroxyl groups is 1. The lowest BCUT2D eigenvalue weighted by Crippen LogP contribution is -2.40. The number of fused-ring (bicyclic) bond motifs is 1. The number of guanidine groups is 1. The highest BCUT2D eigenvalue weighted by Crippen LogP contribution is 2.29. The molecule has 0 fully saturated rings. The molecule has 0 bridgehead atoms. The van der Waals surface area contributed by atoms with E-state index in [2.05, 4.69) is 20.9 Å². The summed E-state index contributed by atoms with van der Waals surface area (Å²) >= 11 is 1.55. The monoisotopic (exact) mass is 414 g/mol. The van der Waals surface area contributed by atoms with Crippen LogP contribution in [0.15, 0.2) is 59.6 Å². The van der Waals surface area contributed by atoms with Crippen LogP contribution in [0.4, 0.5) is 10.1 Å². The van der Waals surface area contributed by atoms with Crippen LogP contribution in [-0.2, 0) is 4.79 Å². The van der Waals surface area contributed by atoms with E-state index >= 15 is 0 Å². The van der Waals surface area contributed by atoms with Crippen LogP contribution in [0, 0.1) is 5.82 Å². The molecule has 0 radical (unpaired) electrons. The summed E-state index contributed by atoms with van der Waals surface area (Å²) in [7, 11) is 0. The third-order valence-corrected chi connectivity index (χ3v) is 5.31. The minimum Gasteiger partial charge on any atom is -0.386 e. The van der Waals surface area contributed by atoms with Crippen LogP contribution < -0.4 is 16.0 Å². The Kier molecular flexibility index (Phi) is 7.15. The number of aliphatic imine (C=N–C) groups is 1. The number of carbonyl (C=O) groups is 1. The number of benzene rings is 2. The SMILES string of the molecule is CCNC(=NCC(=O)Nc1ccc(F)cc1)NCC(O)c1cc2ccccc2s1. The van der Waals surface area contributed by atoms with Gasteiger partial charge in [-0.05, 0) is 48.7 Å². The standard InChI is InChI=1S/C21H23FN4O2S/c1-2-23-21(25-13-20(28)26-16-9-7-15(22)8-10-16)24-12-17(27)19-11-14-5-3-4-6-18(14)29-19/h3-11,17,27H,2,12-13H2,1H3,(H,26,28)(H2,23,24,25). The zero-order valence-corrected chi connectivity index (χ0v) is 16.8. The van der Waals surface area contributed by atoms with Crippen LogP contribution in [0.5, 0.6) is 0 Å². The van der Waals surface area contributed by atoms with Gasteiger partial charge in [-0.2, -0.15) is 0 Å². The summed E-state index contributed by atoms with van der Waals surface area (Å²) in [5.74, 6) is -0.252. The summed E-state index contributed by atoms with van der Waals surface area (Å²) in [6.45, 7) is 2.69. The lowest BCUT2D eigenvalue weighted by atomic mass is 10.2. The molecule has 1 aromatic heterocycles. The molecule has 3 rings (SSSR count). The van der Waals surface area contributed by atoms with Crippen LogP contribution in [0.1, 0.15) is 17.9 Å². The second-order valence-electron chi connectivity index (χ2n) is 6.33. The molecule has 4 N–H and O–H groups in total. The van der Waals surface area contributed by atoms with Gasteiger partial charge in [0.2, 0.25) is 5.91 Å². The molecule has 0 saturated carbocycles. The Morgan fingerprint density at radius 2 is 1.93 bits per heavy atom. The van der Waals surface area contributed by atoms with Crippen molar-refractivity contribution in [3.8, 4) is 0 Å². The van der Waals surface area contributed by atoms with Gasteiger partial charge >= 0.3 is 0 Å². The quantitative estimate of drug-likeness (QED) is 0.353. The van der Waals surface area contributed by atoms with Crippen LogP contribution >= 0.6 is 11.3 Å². The molecule has 6 nitrogen and oxygen atoms in total. The van der Waals surface area contributed by atoms with Crippen LogP contribution in [0.2, 0.25) is 0 Å². The Balaban J connectivity index is 1.55. The van der Waals surface area contributed by atoms with Gasteiger partial charge in [0.1, 0.15) is 18.5 Å². The number of rotatable bonds is 7. The normalized spacial score (nSPS) is 12.6. The molecule has 8 heteroatoms. The van der Waals surface area contributed by atoms with Crippen LogP contribution in [0.3, 0.4) is 0 Å². The number of hydrogen-bond acceptors (Lipinski definition) is 4. The lowest BCUT2D eigenvalue weighted by molar-refractivity contribution is -0.114. The molecule has 29 heavy (non-hydrogen) atoms. The first-order valence-corrected chi connectivity index (χ1v) is 10.1. The number of anilines is 1. The third kappa shape index (κ3) is 6.00. The first-order valence-electron chi connectivity index (χ1n) is 9.29. The van der Waals surface area contributed by atoms with Crippen molar-refractivity contribution in [2.75, 3.05) is 25.0 Å². The zero-order chi connectivity index (χ0) is 20.6. The molecular weight excluding hydrogens is 391 g/mol. The van der Waals surface area contributed by atoms with Gasteiger partial charge in [-0.1, -0.05) is 18.2 Å². The highest BCUT2D eigenvalue weighted by molar-refractivity contribution is 7.19. The Morgan fingerprint density at radius 1 is 1.17 bits per heavy atom. The van der Waals surface area contributed by atoms with E-state index in [1.807, 2.05) is 37.3 Å². The fraction of sp³-hybridized carbons (Fsp3) is 0.238. The molecule has 1 amide bonds. The molecular formula is C21H23FN4O2S. The second kappa shape index (κ2) is 9.99. The highest BCUT2D eigenvalue weighted by atomic mass is 32.1. The largest absolute Gasteiger partial charge is 0.386 e. The number of nitrogens with one attached hydrogen (secondary N) is 3. The number of halogens is 1.